The lowest BCUT2D eigenvalue weighted by atomic mass is 10.0. The van der Waals surface area contributed by atoms with E-state index in [1.165, 1.54) is 0 Å². The standard InChI is InChI=1S/C16H13NO2S/c1-11-14(18)16(2,20-15(11)19)9-5-8-12-6-3-4-7-13(12)10-17/h3-4,6-7,18H,9H2,1-2H3. The molecule has 1 aliphatic rings. The number of benzene rings is 1. The van der Waals surface area contributed by atoms with Gasteiger partial charge in [0.1, 0.15) is 11.8 Å². The average Bonchev–Trinajstić information content (AvgIpc) is 2.63. The van der Waals surface area contributed by atoms with Gasteiger partial charge in [0.25, 0.3) is 0 Å². The maximum Gasteiger partial charge on any atom is 0.219 e. The maximum atomic E-state index is 11.6. The summed E-state index contributed by atoms with van der Waals surface area (Å²) in [5.74, 6) is 6.00. The molecule has 1 aromatic rings. The highest BCUT2D eigenvalue weighted by atomic mass is 32.2. The molecule has 100 valence electrons. The molecule has 2 rings (SSSR count). The Bertz CT molecular complexity index is 703. The lowest BCUT2D eigenvalue weighted by molar-refractivity contribution is -0.107. The van der Waals surface area contributed by atoms with Crippen molar-refractivity contribution in [2.45, 2.75) is 25.0 Å². The van der Waals surface area contributed by atoms with E-state index < -0.39 is 4.75 Å². The molecule has 0 saturated heterocycles. The van der Waals surface area contributed by atoms with Crippen LogP contribution >= 0.6 is 11.8 Å². The second-order valence-electron chi connectivity index (χ2n) is 4.73. The van der Waals surface area contributed by atoms with Crippen LogP contribution in [0.25, 0.3) is 0 Å². The van der Waals surface area contributed by atoms with Gasteiger partial charge in [0.15, 0.2) is 0 Å². The van der Waals surface area contributed by atoms with Gasteiger partial charge in [-0.25, -0.2) is 0 Å². The highest BCUT2D eigenvalue weighted by Crippen LogP contribution is 2.44. The van der Waals surface area contributed by atoms with Crippen molar-refractivity contribution in [2.24, 2.45) is 0 Å². The van der Waals surface area contributed by atoms with Gasteiger partial charge in [-0.05, 0) is 26.0 Å². The van der Waals surface area contributed by atoms with Crippen LogP contribution in [-0.2, 0) is 4.79 Å². The fourth-order valence-electron chi connectivity index (χ4n) is 1.94. The quantitative estimate of drug-likeness (QED) is 0.804. The van der Waals surface area contributed by atoms with E-state index in [1.807, 2.05) is 6.07 Å². The summed E-state index contributed by atoms with van der Waals surface area (Å²) in [7, 11) is 0. The second kappa shape index (κ2) is 5.45. The van der Waals surface area contributed by atoms with Gasteiger partial charge in [0, 0.05) is 17.6 Å². The molecule has 1 heterocycles. The van der Waals surface area contributed by atoms with Crippen molar-refractivity contribution < 1.29 is 9.90 Å². The molecule has 0 bridgehead atoms. The van der Waals surface area contributed by atoms with Crippen LogP contribution in [0.3, 0.4) is 0 Å². The van der Waals surface area contributed by atoms with E-state index in [2.05, 4.69) is 17.9 Å². The number of nitriles is 1. The van der Waals surface area contributed by atoms with Gasteiger partial charge in [-0.15, -0.1) is 0 Å². The minimum atomic E-state index is -0.685. The molecule has 0 aliphatic carbocycles. The number of thioether (sulfide) groups is 1. The Morgan fingerprint density at radius 2 is 2.00 bits per heavy atom. The van der Waals surface area contributed by atoms with Crippen LogP contribution in [0.4, 0.5) is 0 Å². The van der Waals surface area contributed by atoms with Crippen molar-refractivity contribution in [1.82, 2.24) is 0 Å². The summed E-state index contributed by atoms with van der Waals surface area (Å²) in [6.45, 7) is 3.42. The molecule has 1 atom stereocenters. The monoisotopic (exact) mass is 283 g/mol. The number of carbonyl (C=O) groups excluding carboxylic acids is 1. The predicted octanol–water partition coefficient (Wildman–Crippen LogP) is 3.16. The molecule has 1 unspecified atom stereocenters. The minimum Gasteiger partial charge on any atom is -0.510 e. The molecule has 1 aromatic carbocycles. The van der Waals surface area contributed by atoms with E-state index >= 15 is 0 Å². The first-order chi connectivity index (χ1) is 9.48. The highest BCUT2D eigenvalue weighted by Gasteiger charge is 2.41. The summed E-state index contributed by atoms with van der Waals surface area (Å²) < 4.78 is -0.685. The fraction of sp³-hybridized carbons (Fsp3) is 0.250. The van der Waals surface area contributed by atoms with Crippen LogP contribution in [-0.4, -0.2) is 15.0 Å². The van der Waals surface area contributed by atoms with E-state index in [1.54, 1.807) is 32.0 Å². The number of aliphatic hydroxyl groups is 1. The SMILES string of the molecule is CC1=C(O)C(C)(CC#Cc2ccccc2C#N)SC1=O. The predicted molar refractivity (Wildman–Crippen MR) is 79.0 cm³/mol. The van der Waals surface area contributed by atoms with Crippen molar-refractivity contribution in [3.05, 3.63) is 46.7 Å². The third-order valence-corrected chi connectivity index (χ3v) is 4.46. The molecule has 0 radical (unpaired) electrons. The van der Waals surface area contributed by atoms with Crippen LogP contribution in [0.1, 0.15) is 31.4 Å². The van der Waals surface area contributed by atoms with Crippen LogP contribution in [0.15, 0.2) is 35.6 Å². The first-order valence-corrected chi connectivity index (χ1v) is 6.91. The van der Waals surface area contributed by atoms with Gasteiger partial charge < -0.3 is 5.11 Å². The summed E-state index contributed by atoms with van der Waals surface area (Å²) in [6, 6.07) is 9.18. The number of hydrogen-bond donors (Lipinski definition) is 1. The van der Waals surface area contributed by atoms with Gasteiger partial charge in [0.05, 0.1) is 10.3 Å². The third kappa shape index (κ3) is 2.57. The molecule has 0 saturated carbocycles. The van der Waals surface area contributed by atoms with Crippen molar-refractivity contribution in [1.29, 1.82) is 5.26 Å². The topological polar surface area (TPSA) is 61.1 Å². The van der Waals surface area contributed by atoms with Gasteiger partial charge in [-0.3, -0.25) is 4.79 Å². The molecule has 0 amide bonds. The molecule has 0 spiro atoms. The first kappa shape index (κ1) is 14.2. The van der Waals surface area contributed by atoms with E-state index in [4.69, 9.17) is 5.26 Å². The molecular weight excluding hydrogens is 270 g/mol. The van der Waals surface area contributed by atoms with Crippen molar-refractivity contribution in [3.8, 4) is 17.9 Å². The minimum absolute atomic E-state index is 0.107. The number of nitrogens with zero attached hydrogens (tertiary/aromatic N) is 1. The lowest BCUT2D eigenvalue weighted by Gasteiger charge is -2.18. The molecule has 20 heavy (non-hydrogen) atoms. The van der Waals surface area contributed by atoms with E-state index in [0.29, 0.717) is 23.1 Å². The molecule has 4 heteroatoms. The first-order valence-electron chi connectivity index (χ1n) is 6.09. The van der Waals surface area contributed by atoms with Crippen LogP contribution < -0.4 is 0 Å². The fourth-order valence-corrected chi connectivity index (χ4v) is 2.99. The molecule has 3 nitrogen and oxygen atoms in total. The van der Waals surface area contributed by atoms with Crippen molar-refractivity contribution in [2.75, 3.05) is 0 Å². The average molecular weight is 283 g/mol. The van der Waals surface area contributed by atoms with E-state index in [9.17, 15) is 9.90 Å². The molecular formula is C16H13NO2S. The van der Waals surface area contributed by atoms with Crippen molar-refractivity contribution in [3.63, 3.8) is 0 Å². The van der Waals surface area contributed by atoms with E-state index in [0.717, 1.165) is 11.8 Å². The van der Waals surface area contributed by atoms with Crippen LogP contribution in [0.5, 0.6) is 0 Å². The summed E-state index contributed by atoms with van der Waals surface area (Å²) in [6.07, 6.45) is 0.354. The number of aliphatic hydroxyl groups excluding tert-OH is 1. The Hall–Kier alpha value is -2.17. The van der Waals surface area contributed by atoms with Gasteiger partial charge in [-0.1, -0.05) is 35.7 Å². The highest BCUT2D eigenvalue weighted by molar-refractivity contribution is 8.15. The summed E-state index contributed by atoms with van der Waals surface area (Å²) in [5, 5.41) is 18.9. The zero-order valence-electron chi connectivity index (χ0n) is 11.2. The van der Waals surface area contributed by atoms with Gasteiger partial charge >= 0.3 is 0 Å². The van der Waals surface area contributed by atoms with E-state index in [-0.39, 0.29) is 10.9 Å². The summed E-state index contributed by atoms with van der Waals surface area (Å²) >= 11 is 1.10. The number of carbonyl (C=O) groups is 1. The van der Waals surface area contributed by atoms with Gasteiger partial charge in [-0.2, -0.15) is 5.26 Å². The third-order valence-electron chi connectivity index (χ3n) is 3.18. The lowest BCUT2D eigenvalue weighted by Crippen LogP contribution is -2.19. The Kier molecular flexibility index (Phi) is 3.88. The molecule has 1 N–H and O–H groups in total. The maximum absolute atomic E-state index is 11.6. The molecule has 0 aromatic heterocycles. The second-order valence-corrected chi connectivity index (χ2v) is 6.21. The summed E-state index contributed by atoms with van der Waals surface area (Å²) in [4.78, 5) is 11.6. The Labute approximate surface area is 122 Å². The van der Waals surface area contributed by atoms with Gasteiger partial charge in [0.2, 0.25) is 5.12 Å². The normalized spacial score (nSPS) is 21.4. The summed E-state index contributed by atoms with van der Waals surface area (Å²) in [5.41, 5.74) is 1.58. The zero-order valence-corrected chi connectivity index (χ0v) is 12.0. The smallest absolute Gasteiger partial charge is 0.219 e. The number of hydrogen-bond acceptors (Lipinski definition) is 4. The number of rotatable bonds is 1. The Balaban J connectivity index is 2.21. The van der Waals surface area contributed by atoms with Crippen LogP contribution in [0.2, 0.25) is 0 Å². The molecule has 0 fully saturated rings. The zero-order chi connectivity index (χ0) is 14.8. The Morgan fingerprint density at radius 1 is 1.35 bits per heavy atom. The van der Waals surface area contributed by atoms with Crippen LogP contribution in [0, 0.1) is 23.2 Å². The largest absolute Gasteiger partial charge is 0.510 e. The molecule has 1 aliphatic heterocycles. The Morgan fingerprint density at radius 3 is 2.55 bits per heavy atom. The van der Waals surface area contributed by atoms with Crippen molar-refractivity contribution >= 4 is 16.9 Å².